The standard InChI is InChI=1S/C21H29N5O/c1-2-3-13-23-21(25-22)24-16-26-14-7-10-18(26)15-27-20-12-6-9-17-8-4-5-11-19(17)20/h4-6,8-9,11-13,18H,2-3,7,10,14-16,22H2,1H3,(H,24,25)/t18-/m1/s1. The van der Waals surface area contributed by atoms with Crippen LogP contribution in [0.1, 0.15) is 32.6 Å². The van der Waals surface area contributed by atoms with E-state index < -0.39 is 0 Å². The summed E-state index contributed by atoms with van der Waals surface area (Å²) in [4.78, 5) is 11.1. The average molecular weight is 367 g/mol. The Morgan fingerprint density at radius 1 is 1.30 bits per heavy atom. The van der Waals surface area contributed by atoms with Gasteiger partial charge >= 0.3 is 0 Å². The highest BCUT2D eigenvalue weighted by molar-refractivity contribution is 5.88. The molecule has 3 rings (SSSR count). The van der Waals surface area contributed by atoms with Crippen molar-refractivity contribution in [3.63, 3.8) is 0 Å². The van der Waals surface area contributed by atoms with Gasteiger partial charge < -0.3 is 4.74 Å². The number of likely N-dealkylation sites (tertiary alicyclic amines) is 1. The highest BCUT2D eigenvalue weighted by Gasteiger charge is 2.25. The van der Waals surface area contributed by atoms with Crippen LogP contribution in [0.25, 0.3) is 10.8 Å². The van der Waals surface area contributed by atoms with Crippen LogP contribution in [-0.2, 0) is 0 Å². The number of guanidine groups is 1. The number of nitrogens with one attached hydrogen (secondary N) is 1. The normalized spacial score (nSPS) is 18.4. The topological polar surface area (TPSA) is 75.2 Å². The molecule has 0 spiro atoms. The van der Waals surface area contributed by atoms with Gasteiger partial charge in [0.15, 0.2) is 0 Å². The number of hydrogen-bond donors (Lipinski definition) is 2. The van der Waals surface area contributed by atoms with Crippen LogP contribution in [-0.4, -0.2) is 42.9 Å². The first-order valence-corrected chi connectivity index (χ1v) is 9.70. The first kappa shape index (κ1) is 19.3. The van der Waals surface area contributed by atoms with E-state index in [0.717, 1.165) is 43.4 Å². The van der Waals surface area contributed by atoms with Crippen molar-refractivity contribution < 1.29 is 4.74 Å². The third-order valence-corrected chi connectivity index (χ3v) is 4.84. The van der Waals surface area contributed by atoms with Crippen molar-refractivity contribution >= 4 is 22.9 Å². The van der Waals surface area contributed by atoms with E-state index in [1.807, 2.05) is 24.4 Å². The summed E-state index contributed by atoms with van der Waals surface area (Å²) in [5.41, 5.74) is 2.57. The van der Waals surface area contributed by atoms with Gasteiger partial charge in [-0.1, -0.05) is 49.7 Å². The van der Waals surface area contributed by atoms with E-state index in [1.54, 1.807) is 0 Å². The molecule has 2 aromatic carbocycles. The first-order chi connectivity index (χ1) is 13.3. The number of benzene rings is 2. The number of ether oxygens (including phenoxy) is 1. The van der Waals surface area contributed by atoms with Gasteiger partial charge in [0.25, 0.3) is 0 Å². The predicted octanol–water partition coefficient (Wildman–Crippen LogP) is 3.33. The smallest absolute Gasteiger partial charge is 0.233 e. The van der Waals surface area contributed by atoms with Gasteiger partial charge in [0.1, 0.15) is 12.4 Å². The minimum Gasteiger partial charge on any atom is -0.491 e. The van der Waals surface area contributed by atoms with Crippen LogP contribution in [0.2, 0.25) is 0 Å². The second-order valence-corrected chi connectivity index (χ2v) is 6.76. The fourth-order valence-corrected chi connectivity index (χ4v) is 3.34. The fraction of sp³-hybridized carbons (Fsp3) is 0.429. The molecule has 144 valence electrons. The molecule has 0 aliphatic carbocycles. The van der Waals surface area contributed by atoms with E-state index in [9.17, 15) is 0 Å². The van der Waals surface area contributed by atoms with Crippen LogP contribution in [0.5, 0.6) is 5.75 Å². The number of aliphatic imine (C=N–C) groups is 2. The second kappa shape index (κ2) is 10.0. The number of unbranched alkanes of at least 4 members (excludes halogenated alkanes) is 1. The summed E-state index contributed by atoms with van der Waals surface area (Å²) in [6.07, 6.45) is 6.10. The van der Waals surface area contributed by atoms with Crippen molar-refractivity contribution in [3.05, 3.63) is 42.5 Å². The van der Waals surface area contributed by atoms with E-state index in [2.05, 4.69) is 51.5 Å². The molecule has 0 saturated carbocycles. The number of rotatable bonds is 7. The zero-order chi connectivity index (χ0) is 18.9. The van der Waals surface area contributed by atoms with Crippen LogP contribution in [0.15, 0.2) is 52.4 Å². The molecular formula is C21H29N5O. The first-order valence-electron chi connectivity index (χ1n) is 9.70. The largest absolute Gasteiger partial charge is 0.491 e. The van der Waals surface area contributed by atoms with Crippen LogP contribution >= 0.6 is 0 Å². The molecule has 1 aliphatic heterocycles. The summed E-state index contributed by atoms with van der Waals surface area (Å²) in [6.45, 7) is 4.37. The maximum atomic E-state index is 6.19. The number of nitrogens with two attached hydrogens (primary N) is 1. The number of fused-ring (bicyclic) bond motifs is 1. The summed E-state index contributed by atoms with van der Waals surface area (Å²) in [7, 11) is 0. The third-order valence-electron chi connectivity index (χ3n) is 4.84. The minimum atomic E-state index is 0.353. The van der Waals surface area contributed by atoms with Gasteiger partial charge in [-0.15, -0.1) is 0 Å². The lowest BCUT2D eigenvalue weighted by Crippen LogP contribution is -2.36. The predicted molar refractivity (Wildman–Crippen MR) is 112 cm³/mol. The Morgan fingerprint density at radius 2 is 2.15 bits per heavy atom. The molecule has 0 aromatic heterocycles. The third kappa shape index (κ3) is 5.28. The maximum Gasteiger partial charge on any atom is 0.233 e. The summed E-state index contributed by atoms with van der Waals surface area (Å²) < 4.78 is 6.19. The maximum absolute atomic E-state index is 6.19. The van der Waals surface area contributed by atoms with Crippen LogP contribution in [0, 0.1) is 0 Å². The second-order valence-electron chi connectivity index (χ2n) is 6.76. The SMILES string of the molecule is CCCC=NC(=NCN1CCC[C@@H]1COc1cccc2ccccc12)NN. The van der Waals surface area contributed by atoms with E-state index >= 15 is 0 Å². The molecule has 3 N–H and O–H groups in total. The van der Waals surface area contributed by atoms with Gasteiger partial charge in [-0.05, 0) is 30.7 Å². The molecule has 6 nitrogen and oxygen atoms in total. The molecule has 0 radical (unpaired) electrons. The molecule has 1 atom stereocenters. The monoisotopic (exact) mass is 367 g/mol. The Kier molecular flexibility index (Phi) is 7.19. The van der Waals surface area contributed by atoms with Crippen molar-refractivity contribution in [2.45, 2.75) is 38.6 Å². The average Bonchev–Trinajstić information content (AvgIpc) is 3.16. The number of hydrogen-bond acceptors (Lipinski definition) is 4. The fourth-order valence-electron chi connectivity index (χ4n) is 3.34. The van der Waals surface area contributed by atoms with Gasteiger partial charge in [-0.25, -0.2) is 15.8 Å². The van der Waals surface area contributed by atoms with Gasteiger partial charge in [-0.2, -0.15) is 0 Å². The highest BCUT2D eigenvalue weighted by Crippen LogP contribution is 2.26. The van der Waals surface area contributed by atoms with Crippen molar-refractivity contribution in [2.75, 3.05) is 19.8 Å². The Balaban J connectivity index is 1.59. The van der Waals surface area contributed by atoms with Gasteiger partial charge in [0, 0.05) is 24.2 Å². The van der Waals surface area contributed by atoms with Gasteiger partial charge in [0.2, 0.25) is 5.96 Å². The molecular weight excluding hydrogens is 338 g/mol. The molecule has 1 saturated heterocycles. The van der Waals surface area contributed by atoms with Crippen molar-refractivity contribution in [1.29, 1.82) is 0 Å². The highest BCUT2D eigenvalue weighted by atomic mass is 16.5. The van der Waals surface area contributed by atoms with Gasteiger partial charge in [0.05, 0.1) is 6.67 Å². The summed E-state index contributed by atoms with van der Waals surface area (Å²) >= 11 is 0. The van der Waals surface area contributed by atoms with Gasteiger partial charge in [-0.3, -0.25) is 10.3 Å². The number of nitrogens with zero attached hydrogens (tertiary/aromatic N) is 3. The van der Waals surface area contributed by atoms with E-state index in [0.29, 0.717) is 25.3 Å². The van der Waals surface area contributed by atoms with Crippen molar-refractivity contribution in [3.8, 4) is 5.75 Å². The summed E-state index contributed by atoms with van der Waals surface area (Å²) in [5.74, 6) is 6.94. The lowest BCUT2D eigenvalue weighted by atomic mass is 10.1. The molecule has 2 aromatic rings. The zero-order valence-electron chi connectivity index (χ0n) is 16.0. The molecule has 1 heterocycles. The number of hydrazine groups is 1. The Labute approximate surface area is 161 Å². The van der Waals surface area contributed by atoms with E-state index in [4.69, 9.17) is 10.6 Å². The molecule has 27 heavy (non-hydrogen) atoms. The lowest BCUT2D eigenvalue weighted by Gasteiger charge is -2.23. The zero-order valence-corrected chi connectivity index (χ0v) is 16.0. The molecule has 0 amide bonds. The molecule has 0 bridgehead atoms. The molecule has 1 fully saturated rings. The van der Waals surface area contributed by atoms with Crippen molar-refractivity contribution in [2.24, 2.45) is 15.8 Å². The Bertz CT molecular complexity index is 784. The molecule has 1 aliphatic rings. The van der Waals surface area contributed by atoms with Crippen LogP contribution in [0.4, 0.5) is 0 Å². The van der Waals surface area contributed by atoms with Crippen LogP contribution < -0.4 is 16.0 Å². The minimum absolute atomic E-state index is 0.353. The lowest BCUT2D eigenvalue weighted by molar-refractivity contribution is 0.177. The molecule has 6 heteroatoms. The van der Waals surface area contributed by atoms with Crippen molar-refractivity contribution in [1.82, 2.24) is 10.3 Å². The van der Waals surface area contributed by atoms with E-state index in [-0.39, 0.29) is 0 Å². The Hall–Kier alpha value is -2.44. The Morgan fingerprint density at radius 3 is 3.00 bits per heavy atom. The quantitative estimate of drug-likeness (QED) is 0.341. The van der Waals surface area contributed by atoms with E-state index in [1.165, 1.54) is 5.39 Å². The summed E-state index contributed by atoms with van der Waals surface area (Å²) in [6, 6.07) is 14.9. The summed E-state index contributed by atoms with van der Waals surface area (Å²) in [5, 5.41) is 2.36. The molecule has 0 unspecified atom stereocenters. The van der Waals surface area contributed by atoms with Crippen LogP contribution in [0.3, 0.4) is 0 Å².